The van der Waals surface area contributed by atoms with Gasteiger partial charge < -0.3 is 0 Å². The number of halogens is 2. The topological polar surface area (TPSA) is 57.9 Å². The highest BCUT2D eigenvalue weighted by molar-refractivity contribution is 7.92. The Balaban J connectivity index is 2.45. The Hall–Kier alpha value is -1.48. The average molecular weight is 313 g/mol. The summed E-state index contributed by atoms with van der Waals surface area (Å²) in [5.41, 5.74) is 0. The van der Waals surface area contributed by atoms with Crippen molar-refractivity contribution in [1.82, 2.24) is 0 Å². The molecule has 114 valence electrons. The molecule has 2 rings (SSSR count). The van der Waals surface area contributed by atoms with Crippen molar-refractivity contribution in [2.75, 3.05) is 0 Å². The molecule has 3 nitrogen and oxygen atoms in total. The van der Waals surface area contributed by atoms with E-state index in [0.717, 1.165) is 25.0 Å². The summed E-state index contributed by atoms with van der Waals surface area (Å²) in [4.78, 5) is -0.635. The minimum Gasteiger partial charge on any atom is -0.223 e. The summed E-state index contributed by atoms with van der Waals surface area (Å²) in [6, 6.07) is 4.41. The van der Waals surface area contributed by atoms with Gasteiger partial charge in [-0.05, 0) is 43.4 Å². The molecular weight excluding hydrogens is 296 g/mol. The standard InChI is InChI=1S/C15H17F2NO2S/c1-2-10-3-4-11(9-18)14(7-10)21(19,20)15-8-12(16)5-6-13(15)17/h5-6,8,10-11,14H,2-4,7H2,1H3. The highest BCUT2D eigenvalue weighted by Gasteiger charge is 2.40. The predicted octanol–water partition coefficient (Wildman–Crippen LogP) is 3.46. The van der Waals surface area contributed by atoms with Crippen molar-refractivity contribution >= 4 is 9.84 Å². The van der Waals surface area contributed by atoms with E-state index in [-0.39, 0.29) is 5.92 Å². The van der Waals surface area contributed by atoms with Crippen LogP contribution in [0.4, 0.5) is 8.78 Å². The van der Waals surface area contributed by atoms with Crippen LogP contribution in [0.25, 0.3) is 0 Å². The van der Waals surface area contributed by atoms with Crippen LogP contribution in [0.1, 0.15) is 32.6 Å². The zero-order valence-electron chi connectivity index (χ0n) is 11.7. The van der Waals surface area contributed by atoms with Crippen LogP contribution in [-0.2, 0) is 9.84 Å². The van der Waals surface area contributed by atoms with E-state index in [4.69, 9.17) is 0 Å². The van der Waals surface area contributed by atoms with Gasteiger partial charge in [-0.3, -0.25) is 0 Å². The van der Waals surface area contributed by atoms with Gasteiger partial charge in [0, 0.05) is 0 Å². The lowest BCUT2D eigenvalue weighted by molar-refractivity contribution is 0.308. The third-order valence-electron chi connectivity index (χ3n) is 4.24. The second kappa shape index (κ2) is 6.10. The molecule has 0 N–H and O–H groups in total. The molecule has 21 heavy (non-hydrogen) atoms. The number of nitriles is 1. The molecule has 1 aliphatic rings. The minimum atomic E-state index is -4.06. The normalized spacial score (nSPS) is 26.3. The van der Waals surface area contributed by atoms with Gasteiger partial charge in [0.15, 0.2) is 9.84 Å². The first-order valence-corrected chi connectivity index (χ1v) is 8.53. The molecule has 0 aromatic heterocycles. The molecule has 6 heteroatoms. The summed E-state index contributed by atoms with van der Waals surface area (Å²) in [6.07, 6.45) is 2.42. The molecule has 0 radical (unpaired) electrons. The molecule has 1 aromatic rings. The molecule has 1 saturated carbocycles. The maximum atomic E-state index is 13.8. The van der Waals surface area contributed by atoms with Gasteiger partial charge in [-0.15, -0.1) is 0 Å². The molecule has 1 fully saturated rings. The second-order valence-electron chi connectivity index (χ2n) is 5.48. The van der Waals surface area contributed by atoms with Crippen molar-refractivity contribution < 1.29 is 17.2 Å². The van der Waals surface area contributed by atoms with E-state index in [1.165, 1.54) is 0 Å². The van der Waals surface area contributed by atoms with E-state index in [1.807, 2.05) is 13.0 Å². The molecule has 3 atom stereocenters. The van der Waals surface area contributed by atoms with Crippen molar-refractivity contribution in [3.05, 3.63) is 29.8 Å². The smallest absolute Gasteiger partial charge is 0.185 e. The zero-order chi connectivity index (χ0) is 15.6. The Morgan fingerprint density at radius 2 is 2.05 bits per heavy atom. The molecule has 1 aromatic carbocycles. The number of nitrogens with zero attached hydrogens (tertiary/aromatic N) is 1. The highest BCUT2D eigenvalue weighted by atomic mass is 32.2. The van der Waals surface area contributed by atoms with Crippen LogP contribution in [0.15, 0.2) is 23.1 Å². The molecule has 0 saturated heterocycles. The fraction of sp³-hybridized carbons (Fsp3) is 0.533. The third-order valence-corrected chi connectivity index (χ3v) is 6.49. The van der Waals surface area contributed by atoms with Crippen molar-refractivity contribution in [3.8, 4) is 6.07 Å². The fourth-order valence-electron chi connectivity index (χ4n) is 2.93. The molecule has 1 aliphatic carbocycles. The van der Waals surface area contributed by atoms with Crippen molar-refractivity contribution in [1.29, 1.82) is 5.26 Å². The van der Waals surface area contributed by atoms with Gasteiger partial charge in [0.2, 0.25) is 0 Å². The Morgan fingerprint density at radius 1 is 1.33 bits per heavy atom. The Bertz CT molecular complexity index is 667. The van der Waals surface area contributed by atoms with Gasteiger partial charge in [0.1, 0.15) is 16.5 Å². The highest BCUT2D eigenvalue weighted by Crippen LogP contribution is 2.37. The maximum Gasteiger partial charge on any atom is 0.185 e. The molecule has 0 spiro atoms. The van der Waals surface area contributed by atoms with Crippen LogP contribution in [-0.4, -0.2) is 13.7 Å². The Kier molecular flexibility index (Phi) is 4.62. The van der Waals surface area contributed by atoms with Crippen molar-refractivity contribution in [2.24, 2.45) is 11.8 Å². The lowest BCUT2D eigenvalue weighted by Crippen LogP contribution is -2.36. The van der Waals surface area contributed by atoms with Crippen molar-refractivity contribution in [3.63, 3.8) is 0 Å². The van der Waals surface area contributed by atoms with Crippen molar-refractivity contribution in [2.45, 2.75) is 42.8 Å². The van der Waals surface area contributed by atoms with E-state index in [1.54, 1.807) is 0 Å². The summed E-state index contributed by atoms with van der Waals surface area (Å²) in [7, 11) is -4.06. The van der Waals surface area contributed by atoms with Gasteiger partial charge in [0.25, 0.3) is 0 Å². The lowest BCUT2D eigenvalue weighted by atomic mass is 9.81. The third kappa shape index (κ3) is 3.08. The summed E-state index contributed by atoms with van der Waals surface area (Å²) in [5, 5.41) is 8.21. The summed E-state index contributed by atoms with van der Waals surface area (Å²) in [6.45, 7) is 1.96. The monoisotopic (exact) mass is 313 g/mol. The molecule has 0 aliphatic heterocycles. The number of hydrogen-bond acceptors (Lipinski definition) is 3. The first kappa shape index (κ1) is 15.9. The Morgan fingerprint density at radius 3 is 2.67 bits per heavy atom. The van der Waals surface area contributed by atoms with Crippen LogP contribution in [0.3, 0.4) is 0 Å². The zero-order valence-corrected chi connectivity index (χ0v) is 12.5. The van der Waals surface area contributed by atoms with Gasteiger partial charge in [-0.25, -0.2) is 17.2 Å². The SMILES string of the molecule is CCC1CCC(C#N)C(S(=O)(=O)c2cc(F)ccc2F)C1. The van der Waals surface area contributed by atoms with E-state index in [9.17, 15) is 22.5 Å². The molecule has 3 unspecified atom stereocenters. The number of benzene rings is 1. The van der Waals surface area contributed by atoms with Crippen LogP contribution in [0.2, 0.25) is 0 Å². The summed E-state index contributed by atoms with van der Waals surface area (Å²) < 4.78 is 52.3. The average Bonchev–Trinajstić information content (AvgIpc) is 2.48. The first-order chi connectivity index (χ1) is 9.90. The van der Waals surface area contributed by atoms with E-state index < -0.39 is 37.5 Å². The number of sulfone groups is 1. The first-order valence-electron chi connectivity index (χ1n) is 6.98. The summed E-state index contributed by atoms with van der Waals surface area (Å²) in [5.74, 6) is -2.23. The number of rotatable bonds is 3. The van der Waals surface area contributed by atoms with Crippen LogP contribution in [0.5, 0.6) is 0 Å². The fourth-order valence-corrected chi connectivity index (χ4v) is 5.03. The Labute approximate surface area is 123 Å². The largest absolute Gasteiger partial charge is 0.223 e. The molecule has 0 heterocycles. The van der Waals surface area contributed by atoms with E-state index in [0.29, 0.717) is 18.9 Å². The molecule has 0 bridgehead atoms. The minimum absolute atomic E-state index is 0.200. The quantitative estimate of drug-likeness (QED) is 0.858. The number of hydrogen-bond donors (Lipinski definition) is 0. The maximum absolute atomic E-state index is 13.8. The van der Waals surface area contributed by atoms with E-state index >= 15 is 0 Å². The predicted molar refractivity (Wildman–Crippen MR) is 74.1 cm³/mol. The van der Waals surface area contributed by atoms with Crippen LogP contribution >= 0.6 is 0 Å². The van der Waals surface area contributed by atoms with Crippen LogP contribution in [0, 0.1) is 34.8 Å². The molecule has 0 amide bonds. The lowest BCUT2D eigenvalue weighted by Gasteiger charge is -2.31. The van der Waals surface area contributed by atoms with Crippen LogP contribution < -0.4 is 0 Å². The molecular formula is C15H17F2NO2S. The second-order valence-corrected chi connectivity index (χ2v) is 7.62. The van der Waals surface area contributed by atoms with Gasteiger partial charge >= 0.3 is 0 Å². The van der Waals surface area contributed by atoms with Gasteiger partial charge in [-0.2, -0.15) is 5.26 Å². The summed E-state index contributed by atoms with van der Waals surface area (Å²) >= 11 is 0. The van der Waals surface area contributed by atoms with Gasteiger partial charge in [0.05, 0.1) is 17.2 Å². The van der Waals surface area contributed by atoms with Gasteiger partial charge in [-0.1, -0.05) is 13.3 Å². The van der Waals surface area contributed by atoms with E-state index in [2.05, 4.69) is 0 Å².